The van der Waals surface area contributed by atoms with Crippen LogP contribution in [-0.2, 0) is 13.6 Å². The third-order valence-electron chi connectivity index (χ3n) is 5.47. The van der Waals surface area contributed by atoms with E-state index in [1.807, 2.05) is 42.2 Å². The third kappa shape index (κ3) is 3.37. The van der Waals surface area contributed by atoms with Gasteiger partial charge in [-0.25, -0.2) is 9.67 Å². The summed E-state index contributed by atoms with van der Waals surface area (Å²) in [5.41, 5.74) is 4.13. The Balaban J connectivity index is 1.51. The Morgan fingerprint density at radius 3 is 2.93 bits per heavy atom. The lowest BCUT2D eigenvalue weighted by Crippen LogP contribution is -2.13. The van der Waals surface area contributed by atoms with Crippen LogP contribution < -0.4 is 5.32 Å². The first kappa shape index (κ1) is 17.8. The van der Waals surface area contributed by atoms with Crippen molar-refractivity contribution in [2.45, 2.75) is 45.1 Å². The number of hydrogen-bond acceptors (Lipinski definition) is 4. The molecule has 0 bridgehead atoms. The number of carbonyl (C=O) groups excluding carboxylic acids is 1. The smallest absolute Gasteiger partial charge is 0.256 e. The highest BCUT2D eigenvalue weighted by Crippen LogP contribution is 2.40. The van der Waals surface area contributed by atoms with E-state index in [0.29, 0.717) is 11.5 Å². The molecule has 3 aromatic heterocycles. The van der Waals surface area contributed by atoms with Gasteiger partial charge >= 0.3 is 0 Å². The molecule has 0 saturated heterocycles. The zero-order chi connectivity index (χ0) is 20.0. The maximum Gasteiger partial charge on any atom is 0.256 e. The van der Waals surface area contributed by atoms with Crippen LogP contribution in [-0.4, -0.2) is 30.5 Å². The van der Waals surface area contributed by atoms with Crippen LogP contribution in [0.15, 0.2) is 36.7 Å². The summed E-state index contributed by atoms with van der Waals surface area (Å²) in [4.78, 5) is 18.0. The summed E-state index contributed by atoms with van der Waals surface area (Å²) in [6, 6.07) is 7.71. The van der Waals surface area contributed by atoms with E-state index in [2.05, 4.69) is 22.4 Å². The van der Waals surface area contributed by atoms with Gasteiger partial charge in [-0.2, -0.15) is 10.2 Å². The van der Waals surface area contributed by atoms with Crippen LogP contribution in [0.4, 0.5) is 5.69 Å². The van der Waals surface area contributed by atoms with Crippen LogP contribution in [0.1, 0.15) is 54.6 Å². The number of anilines is 1. The van der Waals surface area contributed by atoms with Crippen molar-refractivity contribution in [3.05, 3.63) is 47.9 Å². The zero-order valence-corrected chi connectivity index (χ0v) is 16.7. The second kappa shape index (κ2) is 6.99. The van der Waals surface area contributed by atoms with E-state index in [9.17, 15) is 4.79 Å². The molecular formula is C22H24N6O. The minimum Gasteiger partial charge on any atom is -0.322 e. The molecule has 0 unspecified atom stereocenters. The average molecular weight is 388 g/mol. The van der Waals surface area contributed by atoms with Crippen molar-refractivity contribution >= 4 is 33.5 Å². The highest BCUT2D eigenvalue weighted by molar-refractivity contribution is 6.12. The summed E-state index contributed by atoms with van der Waals surface area (Å²) >= 11 is 0. The molecule has 148 valence electrons. The van der Waals surface area contributed by atoms with Gasteiger partial charge in [-0.1, -0.05) is 13.3 Å². The minimum atomic E-state index is -0.127. The van der Waals surface area contributed by atoms with Crippen LogP contribution in [0.5, 0.6) is 0 Å². The SMILES string of the molecule is CCCCn1ncc2c(C(=O)Nc3ccc4nn(C)cc4c3)cc(C3CC3)nc21. The Bertz CT molecular complexity index is 1220. The first-order valence-corrected chi connectivity index (χ1v) is 10.2. The topological polar surface area (TPSA) is 77.6 Å². The van der Waals surface area contributed by atoms with Crippen LogP contribution in [0.2, 0.25) is 0 Å². The Morgan fingerprint density at radius 2 is 2.14 bits per heavy atom. The summed E-state index contributed by atoms with van der Waals surface area (Å²) in [6.07, 6.45) is 8.12. The summed E-state index contributed by atoms with van der Waals surface area (Å²) in [5, 5.41) is 13.7. The number of hydrogen-bond donors (Lipinski definition) is 1. The van der Waals surface area contributed by atoms with Gasteiger partial charge in [-0.15, -0.1) is 0 Å². The number of aromatic nitrogens is 5. The van der Waals surface area contributed by atoms with Crippen molar-refractivity contribution in [3.8, 4) is 0 Å². The van der Waals surface area contributed by atoms with Gasteiger partial charge in [0.2, 0.25) is 0 Å². The molecule has 3 heterocycles. The van der Waals surface area contributed by atoms with E-state index in [1.165, 1.54) is 0 Å². The number of carbonyl (C=O) groups is 1. The molecule has 1 N–H and O–H groups in total. The number of aryl methyl sites for hydroxylation is 2. The lowest BCUT2D eigenvalue weighted by atomic mass is 10.1. The van der Waals surface area contributed by atoms with Crippen LogP contribution in [0.3, 0.4) is 0 Å². The van der Waals surface area contributed by atoms with E-state index >= 15 is 0 Å². The van der Waals surface area contributed by atoms with Crippen molar-refractivity contribution in [2.24, 2.45) is 7.05 Å². The molecule has 0 spiro atoms. The van der Waals surface area contributed by atoms with Gasteiger partial charge in [-0.05, 0) is 43.5 Å². The summed E-state index contributed by atoms with van der Waals surface area (Å²) in [5.74, 6) is 0.338. The number of unbranched alkanes of at least 4 members (excludes halogenated alkanes) is 1. The van der Waals surface area contributed by atoms with Crippen LogP contribution in [0, 0.1) is 0 Å². The fraction of sp³-hybridized carbons (Fsp3) is 0.364. The number of rotatable bonds is 6. The van der Waals surface area contributed by atoms with Gasteiger partial charge in [0.1, 0.15) is 0 Å². The molecule has 5 rings (SSSR count). The standard InChI is InChI=1S/C22H24N6O/c1-3-4-9-28-21-18(12-23-28)17(11-20(25-21)14-5-6-14)22(29)24-16-7-8-19-15(10-16)13-27(2)26-19/h7-8,10-14H,3-6,9H2,1-2H3,(H,24,29). The van der Waals surface area contributed by atoms with E-state index < -0.39 is 0 Å². The van der Waals surface area contributed by atoms with Gasteiger partial charge < -0.3 is 5.32 Å². The molecule has 1 amide bonds. The molecule has 1 aliphatic carbocycles. The van der Waals surface area contributed by atoms with Gasteiger partial charge in [0, 0.05) is 42.5 Å². The quantitative estimate of drug-likeness (QED) is 0.536. The van der Waals surface area contributed by atoms with E-state index in [1.54, 1.807) is 10.9 Å². The van der Waals surface area contributed by atoms with E-state index in [4.69, 9.17) is 4.98 Å². The highest BCUT2D eigenvalue weighted by atomic mass is 16.1. The van der Waals surface area contributed by atoms with Gasteiger partial charge in [0.05, 0.1) is 22.7 Å². The van der Waals surface area contributed by atoms with E-state index in [0.717, 1.165) is 65.5 Å². The minimum absolute atomic E-state index is 0.127. The second-order valence-corrected chi connectivity index (χ2v) is 7.86. The van der Waals surface area contributed by atoms with Crippen molar-refractivity contribution < 1.29 is 4.79 Å². The number of fused-ring (bicyclic) bond motifs is 2. The Hall–Kier alpha value is -3.22. The number of nitrogens with one attached hydrogen (secondary N) is 1. The molecule has 0 aliphatic heterocycles. The monoisotopic (exact) mass is 388 g/mol. The number of amides is 1. The molecule has 1 aromatic carbocycles. The molecule has 0 radical (unpaired) electrons. The first-order valence-electron chi connectivity index (χ1n) is 10.2. The van der Waals surface area contributed by atoms with Crippen LogP contribution >= 0.6 is 0 Å². The van der Waals surface area contributed by atoms with Gasteiger partial charge in [0.25, 0.3) is 5.91 Å². The molecule has 0 atom stereocenters. The van der Waals surface area contributed by atoms with Crippen LogP contribution in [0.25, 0.3) is 21.9 Å². The Kier molecular flexibility index (Phi) is 4.30. The normalized spacial score (nSPS) is 14.0. The first-order chi connectivity index (χ1) is 14.1. The van der Waals surface area contributed by atoms with Gasteiger partial charge in [-0.3, -0.25) is 9.48 Å². The lowest BCUT2D eigenvalue weighted by Gasteiger charge is -2.09. The fourth-order valence-electron chi connectivity index (χ4n) is 3.74. The maximum atomic E-state index is 13.2. The third-order valence-corrected chi connectivity index (χ3v) is 5.47. The molecule has 1 aliphatic rings. The second-order valence-electron chi connectivity index (χ2n) is 7.86. The molecule has 7 nitrogen and oxygen atoms in total. The van der Waals surface area contributed by atoms with E-state index in [-0.39, 0.29) is 5.91 Å². The lowest BCUT2D eigenvalue weighted by molar-refractivity contribution is 0.102. The van der Waals surface area contributed by atoms with Crippen molar-refractivity contribution in [2.75, 3.05) is 5.32 Å². The van der Waals surface area contributed by atoms with Crippen molar-refractivity contribution in [3.63, 3.8) is 0 Å². The molecule has 7 heteroatoms. The predicted octanol–water partition coefficient (Wildman–Crippen LogP) is 4.25. The Morgan fingerprint density at radius 1 is 1.28 bits per heavy atom. The molecular weight excluding hydrogens is 364 g/mol. The zero-order valence-electron chi connectivity index (χ0n) is 16.7. The van der Waals surface area contributed by atoms with Crippen molar-refractivity contribution in [1.29, 1.82) is 0 Å². The molecule has 1 fully saturated rings. The molecule has 4 aromatic rings. The maximum absolute atomic E-state index is 13.2. The Labute approximate surface area is 168 Å². The molecule has 1 saturated carbocycles. The summed E-state index contributed by atoms with van der Waals surface area (Å²) in [6.45, 7) is 2.98. The largest absolute Gasteiger partial charge is 0.322 e. The predicted molar refractivity (Wildman–Crippen MR) is 113 cm³/mol. The summed E-state index contributed by atoms with van der Waals surface area (Å²) in [7, 11) is 1.89. The average Bonchev–Trinajstić information content (AvgIpc) is 3.38. The molecule has 29 heavy (non-hydrogen) atoms. The number of nitrogens with zero attached hydrogens (tertiary/aromatic N) is 5. The number of benzene rings is 1. The fourth-order valence-corrected chi connectivity index (χ4v) is 3.74. The number of pyridine rings is 1. The van der Waals surface area contributed by atoms with Crippen molar-refractivity contribution in [1.82, 2.24) is 24.5 Å². The highest BCUT2D eigenvalue weighted by Gasteiger charge is 2.28. The summed E-state index contributed by atoms with van der Waals surface area (Å²) < 4.78 is 3.71. The van der Waals surface area contributed by atoms with Gasteiger partial charge in [0.15, 0.2) is 5.65 Å².